The summed E-state index contributed by atoms with van der Waals surface area (Å²) < 4.78 is 2.31. The Labute approximate surface area is 140 Å². The Hall–Kier alpha value is -2.33. The Kier molecular flexibility index (Phi) is 4.93. The molecule has 3 aromatic rings. The average molecular weight is 324 g/mol. The minimum absolute atomic E-state index is 0.0347. The SMILES string of the molecule is Cc1cc2ccccc2n1CCCNC(=O)/C=C/c1cccs1. The van der Waals surface area contributed by atoms with Crippen LogP contribution in [0.3, 0.4) is 0 Å². The molecule has 0 aliphatic carbocycles. The first-order valence-corrected chi connectivity index (χ1v) is 8.66. The standard InChI is InChI=1S/C19H20N2OS/c1-15-14-16-6-2-3-8-18(16)21(15)12-5-11-20-19(22)10-9-17-7-4-13-23-17/h2-4,6-10,13-14H,5,11-12H2,1H3,(H,20,22)/b10-9+. The second-order valence-electron chi connectivity index (χ2n) is 5.49. The van der Waals surface area contributed by atoms with E-state index in [1.165, 1.54) is 16.6 Å². The molecule has 0 radical (unpaired) electrons. The van der Waals surface area contributed by atoms with Crippen molar-refractivity contribution in [3.8, 4) is 0 Å². The topological polar surface area (TPSA) is 34.0 Å². The molecule has 2 aromatic heterocycles. The van der Waals surface area contributed by atoms with Crippen LogP contribution in [0.4, 0.5) is 0 Å². The summed E-state index contributed by atoms with van der Waals surface area (Å²) in [6, 6.07) is 14.6. The summed E-state index contributed by atoms with van der Waals surface area (Å²) in [5.74, 6) is -0.0347. The monoisotopic (exact) mass is 324 g/mol. The van der Waals surface area contributed by atoms with Gasteiger partial charge in [0.2, 0.25) is 5.91 Å². The molecule has 3 nitrogen and oxygen atoms in total. The summed E-state index contributed by atoms with van der Waals surface area (Å²) in [5.41, 5.74) is 2.52. The Balaban J connectivity index is 1.49. The van der Waals surface area contributed by atoms with Gasteiger partial charge in [0.1, 0.15) is 0 Å². The van der Waals surface area contributed by atoms with E-state index in [2.05, 4.69) is 47.1 Å². The second kappa shape index (κ2) is 7.29. The van der Waals surface area contributed by atoms with Crippen molar-refractivity contribution < 1.29 is 4.79 Å². The predicted molar refractivity (Wildman–Crippen MR) is 97.7 cm³/mol. The number of amides is 1. The maximum atomic E-state index is 11.8. The van der Waals surface area contributed by atoms with Gasteiger partial charge in [-0.2, -0.15) is 0 Å². The predicted octanol–water partition coefficient (Wildman–Crippen LogP) is 4.23. The number of rotatable bonds is 6. The third-order valence-electron chi connectivity index (χ3n) is 3.82. The third kappa shape index (κ3) is 3.90. The first kappa shape index (κ1) is 15.6. The normalized spacial score (nSPS) is 11.3. The Morgan fingerprint density at radius 3 is 2.96 bits per heavy atom. The van der Waals surface area contributed by atoms with Gasteiger partial charge in [-0.25, -0.2) is 0 Å². The molecule has 4 heteroatoms. The summed E-state index contributed by atoms with van der Waals surface area (Å²) in [6.45, 7) is 3.72. The van der Waals surface area contributed by atoms with E-state index in [-0.39, 0.29) is 5.91 Å². The molecule has 118 valence electrons. The molecule has 0 spiro atoms. The van der Waals surface area contributed by atoms with Gasteiger partial charge in [0.25, 0.3) is 0 Å². The summed E-state index contributed by atoms with van der Waals surface area (Å²) in [4.78, 5) is 12.9. The highest BCUT2D eigenvalue weighted by molar-refractivity contribution is 7.10. The van der Waals surface area contributed by atoms with Gasteiger partial charge in [-0.15, -0.1) is 11.3 Å². The maximum Gasteiger partial charge on any atom is 0.244 e. The number of carbonyl (C=O) groups excluding carboxylic acids is 1. The molecule has 3 rings (SSSR count). The van der Waals surface area contributed by atoms with E-state index in [0.717, 1.165) is 17.8 Å². The highest BCUT2D eigenvalue weighted by atomic mass is 32.1. The minimum atomic E-state index is -0.0347. The zero-order chi connectivity index (χ0) is 16.1. The molecule has 0 fully saturated rings. The molecular formula is C19H20N2OS. The van der Waals surface area contributed by atoms with Crippen molar-refractivity contribution in [2.24, 2.45) is 0 Å². The quantitative estimate of drug-likeness (QED) is 0.534. The highest BCUT2D eigenvalue weighted by Crippen LogP contribution is 2.19. The number of aromatic nitrogens is 1. The smallest absolute Gasteiger partial charge is 0.244 e. The number of hydrogen-bond donors (Lipinski definition) is 1. The number of nitrogens with one attached hydrogen (secondary N) is 1. The first-order valence-electron chi connectivity index (χ1n) is 7.78. The second-order valence-corrected chi connectivity index (χ2v) is 6.47. The van der Waals surface area contributed by atoms with Crippen LogP contribution in [-0.4, -0.2) is 17.0 Å². The van der Waals surface area contributed by atoms with Crippen molar-refractivity contribution >= 4 is 34.2 Å². The zero-order valence-electron chi connectivity index (χ0n) is 13.2. The largest absolute Gasteiger partial charge is 0.352 e. The van der Waals surface area contributed by atoms with Gasteiger partial charge in [-0.3, -0.25) is 4.79 Å². The van der Waals surface area contributed by atoms with Crippen molar-refractivity contribution in [2.75, 3.05) is 6.54 Å². The average Bonchev–Trinajstić information content (AvgIpc) is 3.17. The highest BCUT2D eigenvalue weighted by Gasteiger charge is 2.04. The summed E-state index contributed by atoms with van der Waals surface area (Å²) >= 11 is 1.62. The molecule has 0 aliphatic rings. The Morgan fingerprint density at radius 1 is 1.26 bits per heavy atom. The van der Waals surface area contributed by atoms with Crippen molar-refractivity contribution in [3.05, 3.63) is 64.5 Å². The van der Waals surface area contributed by atoms with Crippen molar-refractivity contribution in [1.82, 2.24) is 9.88 Å². The van der Waals surface area contributed by atoms with Crippen LogP contribution in [0.5, 0.6) is 0 Å². The molecule has 0 aliphatic heterocycles. The van der Waals surface area contributed by atoms with Crippen LogP contribution in [0.2, 0.25) is 0 Å². The van der Waals surface area contributed by atoms with Gasteiger partial charge in [-0.1, -0.05) is 24.3 Å². The Bertz CT molecular complexity index is 815. The van der Waals surface area contributed by atoms with Gasteiger partial charge in [0, 0.05) is 35.3 Å². The molecule has 0 atom stereocenters. The fraction of sp³-hybridized carbons (Fsp3) is 0.211. The molecule has 0 saturated heterocycles. The lowest BCUT2D eigenvalue weighted by atomic mass is 10.2. The number of aryl methyl sites for hydroxylation is 2. The van der Waals surface area contributed by atoms with E-state index in [9.17, 15) is 4.79 Å². The van der Waals surface area contributed by atoms with Gasteiger partial charge >= 0.3 is 0 Å². The lowest BCUT2D eigenvalue weighted by molar-refractivity contribution is -0.116. The number of hydrogen-bond acceptors (Lipinski definition) is 2. The molecule has 1 N–H and O–H groups in total. The number of carbonyl (C=O) groups is 1. The zero-order valence-corrected chi connectivity index (χ0v) is 14.0. The number of para-hydroxylation sites is 1. The maximum absolute atomic E-state index is 11.8. The molecule has 1 amide bonds. The third-order valence-corrected chi connectivity index (χ3v) is 4.66. The minimum Gasteiger partial charge on any atom is -0.352 e. The van der Waals surface area contributed by atoms with Crippen LogP contribution in [0, 0.1) is 6.92 Å². The lowest BCUT2D eigenvalue weighted by Crippen LogP contribution is -2.23. The van der Waals surface area contributed by atoms with Gasteiger partial charge in [0.05, 0.1) is 0 Å². The van der Waals surface area contributed by atoms with Crippen LogP contribution < -0.4 is 5.32 Å². The van der Waals surface area contributed by atoms with E-state index in [1.54, 1.807) is 17.4 Å². The molecular weight excluding hydrogens is 304 g/mol. The molecule has 0 saturated carbocycles. The van der Waals surface area contributed by atoms with Crippen molar-refractivity contribution in [3.63, 3.8) is 0 Å². The number of fused-ring (bicyclic) bond motifs is 1. The van der Waals surface area contributed by atoms with E-state index >= 15 is 0 Å². The summed E-state index contributed by atoms with van der Waals surface area (Å²) in [6.07, 6.45) is 4.36. The van der Waals surface area contributed by atoms with Crippen molar-refractivity contribution in [2.45, 2.75) is 19.9 Å². The van der Waals surface area contributed by atoms with Crippen LogP contribution in [0.25, 0.3) is 17.0 Å². The molecule has 0 bridgehead atoms. The van der Waals surface area contributed by atoms with Crippen LogP contribution >= 0.6 is 11.3 Å². The van der Waals surface area contributed by atoms with Crippen LogP contribution in [-0.2, 0) is 11.3 Å². The van der Waals surface area contributed by atoms with Gasteiger partial charge in [-0.05, 0) is 48.4 Å². The van der Waals surface area contributed by atoms with Crippen molar-refractivity contribution in [1.29, 1.82) is 0 Å². The number of nitrogens with zero attached hydrogens (tertiary/aromatic N) is 1. The van der Waals surface area contributed by atoms with E-state index < -0.39 is 0 Å². The fourth-order valence-corrected chi connectivity index (χ4v) is 3.31. The molecule has 23 heavy (non-hydrogen) atoms. The lowest BCUT2D eigenvalue weighted by Gasteiger charge is -2.08. The number of thiophene rings is 1. The fourth-order valence-electron chi connectivity index (χ4n) is 2.70. The van der Waals surface area contributed by atoms with Gasteiger partial charge < -0.3 is 9.88 Å². The summed E-state index contributed by atoms with van der Waals surface area (Å²) in [5, 5.41) is 6.21. The molecule has 2 heterocycles. The molecule has 0 unspecified atom stereocenters. The van der Waals surface area contributed by atoms with E-state index in [4.69, 9.17) is 0 Å². The number of benzene rings is 1. The van der Waals surface area contributed by atoms with E-state index in [0.29, 0.717) is 6.54 Å². The van der Waals surface area contributed by atoms with E-state index in [1.807, 2.05) is 23.6 Å². The van der Waals surface area contributed by atoms with Crippen LogP contribution in [0.15, 0.2) is 53.9 Å². The Morgan fingerprint density at radius 2 is 2.13 bits per heavy atom. The molecule has 1 aromatic carbocycles. The summed E-state index contributed by atoms with van der Waals surface area (Å²) in [7, 11) is 0. The van der Waals surface area contributed by atoms with Gasteiger partial charge in [0.15, 0.2) is 0 Å². The van der Waals surface area contributed by atoms with Crippen LogP contribution in [0.1, 0.15) is 17.0 Å². The first-order chi connectivity index (χ1) is 11.2.